The van der Waals surface area contributed by atoms with Gasteiger partial charge >= 0.3 is 0 Å². The molecule has 1 aromatic carbocycles. The van der Waals surface area contributed by atoms with Gasteiger partial charge in [0.15, 0.2) is 0 Å². The van der Waals surface area contributed by atoms with Gasteiger partial charge < -0.3 is 20.3 Å². The predicted octanol–water partition coefficient (Wildman–Crippen LogP) is 1.81. The van der Waals surface area contributed by atoms with Crippen molar-refractivity contribution in [3.05, 3.63) is 24.3 Å². The third-order valence-corrected chi connectivity index (χ3v) is 3.27. The molecule has 1 atom stereocenters. The summed E-state index contributed by atoms with van der Waals surface area (Å²) in [5.41, 5.74) is 0.695. The molecule has 21 heavy (non-hydrogen) atoms. The van der Waals surface area contributed by atoms with Crippen LogP contribution < -0.4 is 15.4 Å². The standard InChI is InChI=1S/C16H27N3O2/c1-12(2)14(11-19(3)4)17-10-16(20)18-13-8-6-7-9-15(13)21-5/h6-9,12,14,17H,10-11H2,1-5H3,(H,18,20). The summed E-state index contributed by atoms with van der Waals surface area (Å²) in [5.74, 6) is 1.06. The minimum atomic E-state index is -0.0658. The topological polar surface area (TPSA) is 53.6 Å². The lowest BCUT2D eigenvalue weighted by atomic mass is 10.0. The van der Waals surface area contributed by atoms with Gasteiger partial charge in [-0.2, -0.15) is 0 Å². The number of para-hydroxylation sites is 2. The second-order valence-corrected chi connectivity index (χ2v) is 5.74. The highest BCUT2D eigenvalue weighted by Gasteiger charge is 2.15. The van der Waals surface area contributed by atoms with E-state index < -0.39 is 0 Å². The molecule has 2 N–H and O–H groups in total. The van der Waals surface area contributed by atoms with Crippen molar-refractivity contribution in [3.8, 4) is 5.75 Å². The maximum atomic E-state index is 12.1. The minimum Gasteiger partial charge on any atom is -0.495 e. The summed E-state index contributed by atoms with van der Waals surface area (Å²) >= 11 is 0. The first kappa shape index (κ1) is 17.5. The van der Waals surface area contributed by atoms with E-state index in [2.05, 4.69) is 29.4 Å². The zero-order chi connectivity index (χ0) is 15.8. The molecule has 1 amide bonds. The van der Waals surface area contributed by atoms with Gasteiger partial charge in [0.05, 0.1) is 19.3 Å². The molecule has 0 heterocycles. The molecule has 5 nitrogen and oxygen atoms in total. The number of carbonyl (C=O) groups excluding carboxylic acids is 1. The van der Waals surface area contributed by atoms with Gasteiger partial charge in [-0.15, -0.1) is 0 Å². The van der Waals surface area contributed by atoms with Gasteiger partial charge in [-0.05, 0) is 32.1 Å². The molecule has 1 unspecified atom stereocenters. The average molecular weight is 293 g/mol. The third kappa shape index (κ3) is 6.14. The van der Waals surface area contributed by atoms with Crippen LogP contribution in [0.15, 0.2) is 24.3 Å². The molecule has 0 spiro atoms. The molecule has 0 aliphatic heterocycles. The Kier molecular flexibility index (Phi) is 7.19. The Morgan fingerprint density at radius 2 is 1.95 bits per heavy atom. The molecule has 5 heteroatoms. The van der Waals surface area contributed by atoms with E-state index in [-0.39, 0.29) is 18.5 Å². The summed E-state index contributed by atoms with van der Waals surface area (Å²) in [5, 5.41) is 6.18. The fourth-order valence-corrected chi connectivity index (χ4v) is 2.07. The number of likely N-dealkylation sites (N-methyl/N-ethyl adjacent to an activating group) is 1. The first-order valence-corrected chi connectivity index (χ1v) is 7.25. The number of anilines is 1. The van der Waals surface area contributed by atoms with Crippen LogP contribution in [0, 0.1) is 5.92 Å². The van der Waals surface area contributed by atoms with Crippen molar-refractivity contribution in [1.29, 1.82) is 0 Å². The predicted molar refractivity (Wildman–Crippen MR) is 86.8 cm³/mol. The summed E-state index contributed by atoms with van der Waals surface area (Å²) in [6, 6.07) is 7.68. The molecule has 0 bridgehead atoms. The van der Waals surface area contributed by atoms with Gasteiger partial charge in [-0.25, -0.2) is 0 Å². The molecule has 1 rings (SSSR count). The van der Waals surface area contributed by atoms with E-state index >= 15 is 0 Å². The number of ether oxygens (including phenoxy) is 1. The van der Waals surface area contributed by atoms with Crippen LogP contribution in [0.1, 0.15) is 13.8 Å². The first-order chi connectivity index (χ1) is 9.93. The van der Waals surface area contributed by atoms with E-state index in [1.165, 1.54) is 0 Å². The lowest BCUT2D eigenvalue weighted by Crippen LogP contribution is -2.45. The number of hydrogen-bond donors (Lipinski definition) is 2. The molecule has 0 saturated heterocycles. The molecule has 0 aliphatic rings. The second-order valence-electron chi connectivity index (χ2n) is 5.74. The van der Waals surface area contributed by atoms with Crippen LogP contribution in [0.2, 0.25) is 0 Å². The molecule has 118 valence electrons. The molecule has 0 aliphatic carbocycles. The second kappa shape index (κ2) is 8.64. The van der Waals surface area contributed by atoms with Crippen molar-refractivity contribution in [2.24, 2.45) is 5.92 Å². The van der Waals surface area contributed by atoms with Gasteiger partial charge in [0.25, 0.3) is 0 Å². The fraction of sp³-hybridized carbons (Fsp3) is 0.562. The smallest absolute Gasteiger partial charge is 0.238 e. The highest BCUT2D eigenvalue weighted by molar-refractivity contribution is 5.93. The van der Waals surface area contributed by atoms with Crippen LogP contribution >= 0.6 is 0 Å². The zero-order valence-corrected chi connectivity index (χ0v) is 13.6. The monoisotopic (exact) mass is 293 g/mol. The fourth-order valence-electron chi connectivity index (χ4n) is 2.07. The highest BCUT2D eigenvalue weighted by Crippen LogP contribution is 2.22. The van der Waals surface area contributed by atoms with Crippen LogP contribution in [-0.2, 0) is 4.79 Å². The van der Waals surface area contributed by atoms with Gasteiger partial charge in [-0.1, -0.05) is 26.0 Å². The number of rotatable bonds is 8. The molecule has 0 aromatic heterocycles. The van der Waals surface area contributed by atoms with E-state index in [1.54, 1.807) is 7.11 Å². The number of methoxy groups -OCH3 is 1. The number of nitrogens with one attached hydrogen (secondary N) is 2. The lowest BCUT2D eigenvalue weighted by molar-refractivity contribution is -0.115. The number of benzene rings is 1. The Hall–Kier alpha value is -1.59. The third-order valence-electron chi connectivity index (χ3n) is 3.27. The van der Waals surface area contributed by atoms with E-state index in [9.17, 15) is 4.79 Å². The van der Waals surface area contributed by atoms with Crippen molar-refractivity contribution in [3.63, 3.8) is 0 Å². The molecule has 0 radical (unpaired) electrons. The van der Waals surface area contributed by atoms with Crippen molar-refractivity contribution < 1.29 is 9.53 Å². The van der Waals surface area contributed by atoms with Gasteiger partial charge in [0.2, 0.25) is 5.91 Å². The molecular weight excluding hydrogens is 266 g/mol. The Morgan fingerprint density at radius 3 is 2.52 bits per heavy atom. The molecular formula is C16H27N3O2. The van der Waals surface area contributed by atoms with Crippen LogP contribution in [0.3, 0.4) is 0 Å². The van der Waals surface area contributed by atoms with Gasteiger partial charge in [-0.3, -0.25) is 4.79 Å². The summed E-state index contributed by atoms with van der Waals surface area (Å²) in [7, 11) is 5.66. The van der Waals surface area contributed by atoms with Crippen molar-refractivity contribution >= 4 is 11.6 Å². The quantitative estimate of drug-likeness (QED) is 0.767. The van der Waals surface area contributed by atoms with E-state index in [0.29, 0.717) is 17.4 Å². The Bertz CT molecular complexity index is 447. The van der Waals surface area contributed by atoms with E-state index in [4.69, 9.17) is 4.74 Å². The van der Waals surface area contributed by atoms with Gasteiger partial charge in [0, 0.05) is 12.6 Å². The molecule has 0 fully saturated rings. The number of carbonyl (C=O) groups is 1. The van der Waals surface area contributed by atoms with Crippen LogP contribution in [0.5, 0.6) is 5.75 Å². The summed E-state index contributed by atoms with van der Waals surface area (Å²) in [6.07, 6.45) is 0. The maximum absolute atomic E-state index is 12.1. The number of nitrogens with zero attached hydrogens (tertiary/aromatic N) is 1. The summed E-state index contributed by atoms with van der Waals surface area (Å²) in [4.78, 5) is 14.2. The van der Waals surface area contributed by atoms with Crippen molar-refractivity contribution in [1.82, 2.24) is 10.2 Å². The van der Waals surface area contributed by atoms with Crippen molar-refractivity contribution in [2.75, 3.05) is 39.6 Å². The van der Waals surface area contributed by atoms with E-state index in [1.807, 2.05) is 38.4 Å². The lowest BCUT2D eigenvalue weighted by Gasteiger charge is -2.25. The maximum Gasteiger partial charge on any atom is 0.238 e. The first-order valence-electron chi connectivity index (χ1n) is 7.25. The molecule has 1 aromatic rings. The molecule has 0 saturated carbocycles. The Labute approximate surface area is 127 Å². The van der Waals surface area contributed by atoms with Crippen molar-refractivity contribution in [2.45, 2.75) is 19.9 Å². The normalized spacial score (nSPS) is 12.5. The van der Waals surface area contributed by atoms with Crippen LogP contribution in [0.25, 0.3) is 0 Å². The van der Waals surface area contributed by atoms with Gasteiger partial charge in [0.1, 0.15) is 5.75 Å². The summed E-state index contributed by atoms with van der Waals surface area (Å²) < 4.78 is 5.22. The highest BCUT2D eigenvalue weighted by atomic mass is 16.5. The number of hydrogen-bond acceptors (Lipinski definition) is 4. The minimum absolute atomic E-state index is 0.0658. The van der Waals surface area contributed by atoms with E-state index in [0.717, 1.165) is 6.54 Å². The SMILES string of the molecule is COc1ccccc1NC(=O)CNC(CN(C)C)C(C)C. The number of amides is 1. The Morgan fingerprint density at radius 1 is 1.29 bits per heavy atom. The zero-order valence-electron chi connectivity index (χ0n) is 13.6. The van der Waals surface area contributed by atoms with Crippen LogP contribution in [0.4, 0.5) is 5.69 Å². The van der Waals surface area contributed by atoms with Crippen LogP contribution in [-0.4, -0.2) is 51.1 Å². The largest absolute Gasteiger partial charge is 0.495 e. The Balaban J connectivity index is 2.53. The summed E-state index contributed by atoms with van der Waals surface area (Å²) in [6.45, 7) is 5.49. The average Bonchev–Trinajstić information content (AvgIpc) is 2.43.